The number of pyridine rings is 1. The highest BCUT2D eigenvalue weighted by molar-refractivity contribution is 9.10. The maximum Gasteiger partial charge on any atom is 0.220 e. The summed E-state index contributed by atoms with van der Waals surface area (Å²) < 4.78 is 6.57. The van der Waals surface area contributed by atoms with Crippen LogP contribution >= 0.6 is 15.9 Å². The topological polar surface area (TPSA) is 72.0 Å². The van der Waals surface area contributed by atoms with Crippen LogP contribution in [0.5, 0.6) is 11.6 Å². The quantitative estimate of drug-likeness (QED) is 0.675. The Morgan fingerprint density at radius 1 is 1.33 bits per heavy atom. The molecule has 0 unspecified atom stereocenters. The Labute approximate surface area is 113 Å². The maximum atomic E-state index is 7.43. The number of nitrogens with zero attached hydrogens (tertiary/aromatic N) is 1. The summed E-state index contributed by atoms with van der Waals surface area (Å²) in [6.07, 6.45) is 0. The normalized spacial score (nSPS) is 10.1. The minimum absolute atomic E-state index is 0.000378. The first-order chi connectivity index (χ1) is 8.54. The van der Waals surface area contributed by atoms with Crippen molar-refractivity contribution in [3.63, 3.8) is 0 Å². The molecule has 0 saturated carbocycles. The van der Waals surface area contributed by atoms with E-state index in [0.717, 1.165) is 10.2 Å². The number of nitrogens with one attached hydrogen (secondary N) is 1. The van der Waals surface area contributed by atoms with Crippen LogP contribution in [0.2, 0.25) is 0 Å². The number of aromatic nitrogens is 1. The number of rotatable bonds is 3. The first-order valence-electron chi connectivity index (χ1n) is 5.31. The number of amidine groups is 1. The van der Waals surface area contributed by atoms with E-state index in [1.54, 1.807) is 12.1 Å². The predicted octanol–water partition coefficient (Wildman–Crippen LogP) is 3.23. The third-order valence-corrected chi connectivity index (χ3v) is 2.75. The van der Waals surface area contributed by atoms with Crippen LogP contribution in [-0.2, 0) is 0 Å². The van der Waals surface area contributed by atoms with Crippen molar-refractivity contribution in [1.82, 2.24) is 4.98 Å². The minimum Gasteiger partial charge on any atom is -0.439 e. The molecule has 0 amide bonds. The van der Waals surface area contributed by atoms with Gasteiger partial charge in [-0.1, -0.05) is 22.0 Å². The van der Waals surface area contributed by atoms with Gasteiger partial charge in [0.1, 0.15) is 11.6 Å². The number of aryl methyl sites for hydroxylation is 1. The van der Waals surface area contributed by atoms with Crippen molar-refractivity contribution < 1.29 is 4.74 Å². The summed E-state index contributed by atoms with van der Waals surface area (Å²) in [5.74, 6) is 1.11. The Hall–Kier alpha value is -1.88. The van der Waals surface area contributed by atoms with Gasteiger partial charge in [0.2, 0.25) is 5.88 Å². The molecule has 18 heavy (non-hydrogen) atoms. The summed E-state index contributed by atoms with van der Waals surface area (Å²) in [4.78, 5) is 4.25. The highest BCUT2D eigenvalue weighted by Gasteiger charge is 2.05. The van der Waals surface area contributed by atoms with Crippen LogP contribution in [0.1, 0.15) is 11.3 Å². The van der Waals surface area contributed by atoms with Gasteiger partial charge in [-0.3, -0.25) is 5.41 Å². The van der Waals surface area contributed by atoms with E-state index in [-0.39, 0.29) is 5.84 Å². The largest absolute Gasteiger partial charge is 0.439 e. The molecule has 2 aromatic rings. The van der Waals surface area contributed by atoms with Crippen LogP contribution in [0.15, 0.2) is 40.9 Å². The molecule has 1 aromatic heterocycles. The molecule has 0 spiro atoms. The molecule has 3 N–H and O–H groups in total. The molecule has 0 aliphatic rings. The first-order valence-corrected chi connectivity index (χ1v) is 6.10. The van der Waals surface area contributed by atoms with Crippen LogP contribution in [0.3, 0.4) is 0 Å². The van der Waals surface area contributed by atoms with Gasteiger partial charge in [0.25, 0.3) is 0 Å². The Kier molecular flexibility index (Phi) is 3.62. The van der Waals surface area contributed by atoms with Crippen LogP contribution in [0, 0.1) is 12.3 Å². The number of hydrogen-bond donors (Lipinski definition) is 2. The van der Waals surface area contributed by atoms with Crippen molar-refractivity contribution in [2.24, 2.45) is 5.73 Å². The van der Waals surface area contributed by atoms with Crippen molar-refractivity contribution >= 4 is 21.8 Å². The zero-order valence-corrected chi connectivity index (χ0v) is 11.4. The first kappa shape index (κ1) is 12.6. The smallest absolute Gasteiger partial charge is 0.220 e. The van der Waals surface area contributed by atoms with E-state index in [1.807, 2.05) is 31.2 Å². The van der Waals surface area contributed by atoms with E-state index in [0.29, 0.717) is 17.2 Å². The summed E-state index contributed by atoms with van der Waals surface area (Å²) in [6.45, 7) is 1.83. The third-order valence-electron chi connectivity index (χ3n) is 2.26. The Bertz CT molecular complexity index is 599. The van der Waals surface area contributed by atoms with Crippen LogP contribution in [0.4, 0.5) is 0 Å². The molecule has 1 heterocycles. The van der Waals surface area contributed by atoms with Gasteiger partial charge in [0.15, 0.2) is 0 Å². The third kappa shape index (κ3) is 3.07. The summed E-state index contributed by atoms with van der Waals surface area (Å²) in [6, 6.07) is 10.9. The minimum atomic E-state index is -0.000378. The second kappa shape index (κ2) is 5.18. The van der Waals surface area contributed by atoms with Crippen molar-refractivity contribution in [3.8, 4) is 11.6 Å². The fourth-order valence-corrected chi connectivity index (χ4v) is 1.88. The molecule has 0 fully saturated rings. The number of hydrogen-bond acceptors (Lipinski definition) is 3. The van der Waals surface area contributed by atoms with E-state index < -0.39 is 0 Å². The second-order valence-corrected chi connectivity index (χ2v) is 4.72. The van der Waals surface area contributed by atoms with Crippen LogP contribution < -0.4 is 10.5 Å². The molecule has 0 bridgehead atoms. The van der Waals surface area contributed by atoms with Gasteiger partial charge in [-0.15, -0.1) is 0 Å². The van der Waals surface area contributed by atoms with Gasteiger partial charge >= 0.3 is 0 Å². The summed E-state index contributed by atoms with van der Waals surface area (Å²) in [7, 11) is 0. The molecule has 1 aromatic carbocycles. The summed E-state index contributed by atoms with van der Waals surface area (Å²) in [5, 5.41) is 7.43. The van der Waals surface area contributed by atoms with Crippen LogP contribution in [0.25, 0.3) is 0 Å². The molecule has 4 nitrogen and oxygen atoms in total. The summed E-state index contributed by atoms with van der Waals surface area (Å²) >= 11 is 3.37. The Balaban J connectivity index is 2.31. The van der Waals surface area contributed by atoms with Crippen LogP contribution in [-0.4, -0.2) is 10.8 Å². The maximum absolute atomic E-state index is 7.43. The SMILES string of the molecule is Cc1cc(C(=N)N)cc(Oc2cccc(Br)c2)n1. The molecule has 5 heteroatoms. The fourth-order valence-electron chi connectivity index (χ4n) is 1.50. The lowest BCUT2D eigenvalue weighted by Gasteiger charge is -2.08. The molecule has 0 atom stereocenters. The lowest BCUT2D eigenvalue weighted by Crippen LogP contribution is -2.11. The average molecular weight is 306 g/mol. The Morgan fingerprint density at radius 2 is 2.11 bits per heavy atom. The van der Waals surface area contributed by atoms with Gasteiger partial charge in [-0.05, 0) is 31.2 Å². The Morgan fingerprint density at radius 3 is 2.78 bits per heavy atom. The van der Waals surface area contributed by atoms with Gasteiger partial charge < -0.3 is 10.5 Å². The van der Waals surface area contributed by atoms with Crippen molar-refractivity contribution in [2.45, 2.75) is 6.92 Å². The van der Waals surface area contributed by atoms with Gasteiger partial charge in [0.05, 0.1) is 0 Å². The molecule has 0 radical (unpaired) electrons. The average Bonchev–Trinajstić information content (AvgIpc) is 2.28. The number of nitrogen functional groups attached to an aromatic ring is 1. The predicted molar refractivity (Wildman–Crippen MR) is 74.2 cm³/mol. The monoisotopic (exact) mass is 305 g/mol. The number of benzene rings is 1. The highest BCUT2D eigenvalue weighted by atomic mass is 79.9. The van der Waals surface area contributed by atoms with E-state index in [2.05, 4.69) is 20.9 Å². The van der Waals surface area contributed by atoms with E-state index in [1.165, 1.54) is 0 Å². The molecule has 2 rings (SSSR count). The van der Waals surface area contributed by atoms with Gasteiger partial charge in [-0.25, -0.2) is 4.98 Å². The fraction of sp³-hybridized carbons (Fsp3) is 0.0769. The molecule has 0 saturated heterocycles. The number of ether oxygens (including phenoxy) is 1. The standard InChI is InChI=1S/C13H12BrN3O/c1-8-5-9(13(15)16)6-12(17-8)18-11-4-2-3-10(14)7-11/h2-7H,1H3,(H3,15,16). The molecule has 92 valence electrons. The highest BCUT2D eigenvalue weighted by Crippen LogP contribution is 2.23. The van der Waals surface area contributed by atoms with Crippen molar-refractivity contribution in [2.75, 3.05) is 0 Å². The lowest BCUT2D eigenvalue weighted by atomic mass is 10.2. The molecule has 0 aliphatic heterocycles. The second-order valence-electron chi connectivity index (χ2n) is 3.81. The lowest BCUT2D eigenvalue weighted by molar-refractivity contribution is 0.461. The summed E-state index contributed by atoms with van der Waals surface area (Å²) in [5.41, 5.74) is 6.82. The number of halogens is 1. The number of nitrogens with two attached hydrogens (primary N) is 1. The molecule has 0 aliphatic carbocycles. The van der Waals surface area contributed by atoms with E-state index >= 15 is 0 Å². The zero-order valence-electron chi connectivity index (χ0n) is 9.77. The van der Waals surface area contributed by atoms with Gasteiger partial charge in [0, 0.05) is 21.8 Å². The van der Waals surface area contributed by atoms with Crippen molar-refractivity contribution in [3.05, 3.63) is 52.1 Å². The van der Waals surface area contributed by atoms with Gasteiger partial charge in [-0.2, -0.15) is 0 Å². The molecular weight excluding hydrogens is 294 g/mol. The molecular formula is C13H12BrN3O. The van der Waals surface area contributed by atoms with E-state index in [4.69, 9.17) is 15.9 Å². The zero-order chi connectivity index (χ0) is 13.1. The van der Waals surface area contributed by atoms with Crippen molar-refractivity contribution in [1.29, 1.82) is 5.41 Å². The van der Waals surface area contributed by atoms with E-state index in [9.17, 15) is 0 Å².